The van der Waals surface area contributed by atoms with Crippen LogP contribution in [-0.4, -0.2) is 0 Å². The summed E-state index contributed by atoms with van der Waals surface area (Å²) in [4.78, 5) is 2.38. The summed E-state index contributed by atoms with van der Waals surface area (Å²) in [5, 5.41) is 9.93. The van der Waals surface area contributed by atoms with Crippen LogP contribution in [0.25, 0.3) is 63.7 Å². The van der Waals surface area contributed by atoms with Gasteiger partial charge < -0.3 is 9.32 Å². The van der Waals surface area contributed by atoms with Crippen LogP contribution in [0.4, 0.5) is 17.1 Å². The number of furan rings is 1. The second-order valence-electron chi connectivity index (χ2n) is 11.0. The van der Waals surface area contributed by atoms with Crippen LogP contribution in [0.3, 0.4) is 0 Å². The number of aryl methyl sites for hydroxylation is 1. The molecule has 0 saturated heterocycles. The minimum atomic E-state index is 0.894. The average molecular weight is 556 g/mol. The van der Waals surface area contributed by atoms with Gasteiger partial charge in [-0.3, -0.25) is 0 Å². The molecule has 0 bridgehead atoms. The van der Waals surface area contributed by atoms with Crippen LogP contribution in [-0.2, 0) is 0 Å². The fourth-order valence-electron chi connectivity index (χ4n) is 6.50. The Morgan fingerprint density at radius 1 is 0.524 bits per heavy atom. The number of thiophene rings is 1. The molecule has 2 aromatic heterocycles. The summed E-state index contributed by atoms with van der Waals surface area (Å²) >= 11 is 1.87. The summed E-state index contributed by atoms with van der Waals surface area (Å²) in [6.07, 6.45) is 0. The molecule has 0 aliphatic heterocycles. The zero-order valence-electron chi connectivity index (χ0n) is 23.0. The van der Waals surface area contributed by atoms with Crippen LogP contribution in [0.15, 0.2) is 138 Å². The van der Waals surface area contributed by atoms with Crippen molar-refractivity contribution in [3.05, 3.63) is 139 Å². The minimum Gasteiger partial charge on any atom is -0.454 e. The van der Waals surface area contributed by atoms with Crippen LogP contribution in [0.1, 0.15) is 5.56 Å². The molecular weight excluding hydrogens is 531 g/mol. The molecule has 0 fully saturated rings. The molecule has 0 saturated carbocycles. The second kappa shape index (κ2) is 8.94. The lowest BCUT2D eigenvalue weighted by Gasteiger charge is -2.27. The Hall–Kier alpha value is -5.12. The van der Waals surface area contributed by atoms with Gasteiger partial charge in [-0.25, -0.2) is 0 Å². The lowest BCUT2D eigenvalue weighted by Crippen LogP contribution is -2.11. The van der Waals surface area contributed by atoms with Crippen molar-refractivity contribution < 1.29 is 4.42 Å². The molecule has 7 aromatic carbocycles. The molecule has 0 N–H and O–H groups in total. The van der Waals surface area contributed by atoms with Crippen molar-refractivity contribution in [2.45, 2.75) is 6.92 Å². The van der Waals surface area contributed by atoms with E-state index in [0.29, 0.717) is 0 Å². The fraction of sp³-hybridized carbons (Fsp3) is 0.0256. The maximum atomic E-state index is 6.58. The number of benzene rings is 7. The predicted molar refractivity (Wildman–Crippen MR) is 181 cm³/mol. The highest BCUT2D eigenvalue weighted by atomic mass is 32.1. The number of anilines is 3. The smallest absolute Gasteiger partial charge is 0.159 e. The summed E-state index contributed by atoms with van der Waals surface area (Å²) in [6, 6.07) is 48.2. The zero-order chi connectivity index (χ0) is 27.8. The van der Waals surface area contributed by atoms with Crippen LogP contribution >= 0.6 is 11.3 Å². The number of nitrogens with zero attached hydrogens (tertiary/aromatic N) is 1. The molecular formula is C39H25NOS. The van der Waals surface area contributed by atoms with Crippen molar-refractivity contribution in [2.75, 3.05) is 4.90 Å². The molecule has 0 amide bonds. The topological polar surface area (TPSA) is 16.4 Å². The van der Waals surface area contributed by atoms with Crippen molar-refractivity contribution in [3.8, 4) is 0 Å². The monoisotopic (exact) mass is 555 g/mol. The van der Waals surface area contributed by atoms with Gasteiger partial charge in [0.1, 0.15) is 5.58 Å². The third-order valence-electron chi connectivity index (χ3n) is 8.48. The van der Waals surface area contributed by atoms with Gasteiger partial charge in [0, 0.05) is 42.0 Å². The van der Waals surface area contributed by atoms with Gasteiger partial charge in [-0.2, -0.15) is 0 Å². The number of para-hydroxylation sites is 2. The summed E-state index contributed by atoms with van der Waals surface area (Å²) < 4.78 is 9.18. The van der Waals surface area contributed by atoms with Gasteiger partial charge in [0.25, 0.3) is 0 Å². The van der Waals surface area contributed by atoms with Gasteiger partial charge in [-0.05, 0) is 65.5 Å². The summed E-state index contributed by atoms with van der Waals surface area (Å²) in [5.41, 5.74) is 6.31. The number of hydrogen-bond donors (Lipinski definition) is 0. The molecule has 0 radical (unpaired) electrons. The van der Waals surface area contributed by atoms with E-state index in [1.54, 1.807) is 0 Å². The fourth-order valence-corrected chi connectivity index (χ4v) is 7.69. The first-order chi connectivity index (χ1) is 20.7. The quantitative estimate of drug-likeness (QED) is 0.216. The summed E-state index contributed by atoms with van der Waals surface area (Å²) in [5.74, 6) is 0. The minimum absolute atomic E-state index is 0.894. The lowest BCUT2D eigenvalue weighted by atomic mass is 9.99. The van der Waals surface area contributed by atoms with Gasteiger partial charge in [0.05, 0.1) is 11.4 Å². The van der Waals surface area contributed by atoms with Crippen molar-refractivity contribution in [3.63, 3.8) is 0 Å². The van der Waals surface area contributed by atoms with Gasteiger partial charge in [-0.1, -0.05) is 96.6 Å². The Kier molecular flexibility index (Phi) is 5.02. The maximum Gasteiger partial charge on any atom is 0.159 e. The number of fused-ring (bicyclic) bond motifs is 9. The number of rotatable bonds is 3. The third kappa shape index (κ3) is 3.44. The molecule has 198 valence electrons. The van der Waals surface area contributed by atoms with Gasteiger partial charge >= 0.3 is 0 Å². The lowest BCUT2D eigenvalue weighted by molar-refractivity contribution is 0.669. The Balaban J connectivity index is 1.40. The van der Waals surface area contributed by atoms with E-state index in [2.05, 4.69) is 139 Å². The van der Waals surface area contributed by atoms with Gasteiger partial charge in [-0.15, -0.1) is 11.3 Å². The zero-order valence-corrected chi connectivity index (χ0v) is 23.8. The van der Waals surface area contributed by atoms with Crippen molar-refractivity contribution >= 4 is 92.1 Å². The van der Waals surface area contributed by atoms with E-state index in [9.17, 15) is 0 Å². The Morgan fingerprint density at radius 3 is 2.05 bits per heavy atom. The van der Waals surface area contributed by atoms with Crippen molar-refractivity contribution in [2.24, 2.45) is 0 Å². The predicted octanol–water partition coefficient (Wildman–Crippen LogP) is 12.0. The first-order valence-corrected chi connectivity index (χ1v) is 15.1. The molecule has 0 spiro atoms. The Bertz CT molecular complexity index is 2480. The standard InChI is InChI=1S/C39H25NOS/c1-24-17-19-27(20-18-24)40(33-15-8-14-31-29-12-6-7-16-35(29)41-39(31)33)34-23-37-38(30-13-5-4-11-28(30)34)32-21-25-9-2-3-10-26(25)22-36(32)42-37/h2-23H,1H3. The molecule has 9 aromatic rings. The summed E-state index contributed by atoms with van der Waals surface area (Å²) in [7, 11) is 0. The highest BCUT2D eigenvalue weighted by molar-refractivity contribution is 7.26. The molecule has 2 nitrogen and oxygen atoms in total. The molecule has 0 aliphatic carbocycles. The van der Waals surface area contributed by atoms with Crippen molar-refractivity contribution in [1.82, 2.24) is 0 Å². The first kappa shape index (κ1) is 23.6. The van der Waals surface area contributed by atoms with E-state index >= 15 is 0 Å². The van der Waals surface area contributed by atoms with Crippen molar-refractivity contribution in [1.29, 1.82) is 0 Å². The largest absolute Gasteiger partial charge is 0.454 e. The van der Waals surface area contributed by atoms with E-state index < -0.39 is 0 Å². The molecule has 42 heavy (non-hydrogen) atoms. The van der Waals surface area contributed by atoms with Gasteiger partial charge in [0.2, 0.25) is 0 Å². The van der Waals surface area contributed by atoms with E-state index in [-0.39, 0.29) is 0 Å². The molecule has 0 unspecified atom stereocenters. The third-order valence-corrected chi connectivity index (χ3v) is 9.58. The molecule has 2 heterocycles. The van der Waals surface area contributed by atoms with E-state index in [0.717, 1.165) is 39.0 Å². The Morgan fingerprint density at radius 2 is 1.21 bits per heavy atom. The van der Waals surface area contributed by atoms with E-state index in [4.69, 9.17) is 4.42 Å². The molecule has 3 heteroatoms. The normalized spacial score (nSPS) is 11.9. The summed E-state index contributed by atoms with van der Waals surface area (Å²) in [6.45, 7) is 2.14. The SMILES string of the molecule is Cc1ccc(N(c2cc3sc4cc5ccccc5cc4c3c3ccccc23)c2cccc3c2oc2ccccc23)cc1. The van der Waals surface area contributed by atoms with Crippen LogP contribution in [0.2, 0.25) is 0 Å². The van der Waals surface area contributed by atoms with Crippen LogP contribution in [0, 0.1) is 6.92 Å². The van der Waals surface area contributed by atoms with Crippen LogP contribution in [0.5, 0.6) is 0 Å². The highest BCUT2D eigenvalue weighted by Gasteiger charge is 2.23. The molecule has 0 aliphatic rings. The number of hydrogen-bond acceptors (Lipinski definition) is 3. The second-order valence-corrected chi connectivity index (χ2v) is 12.1. The molecule has 0 atom stereocenters. The average Bonchev–Trinajstić information content (AvgIpc) is 3.59. The maximum absolute atomic E-state index is 6.58. The Labute approximate surface area is 246 Å². The first-order valence-electron chi connectivity index (χ1n) is 14.3. The molecule has 9 rings (SSSR count). The van der Waals surface area contributed by atoms with Gasteiger partial charge in [0.15, 0.2) is 5.58 Å². The van der Waals surface area contributed by atoms with Crippen LogP contribution < -0.4 is 4.90 Å². The van der Waals surface area contributed by atoms with E-state index in [1.807, 2.05) is 17.4 Å². The highest BCUT2D eigenvalue weighted by Crippen LogP contribution is 2.48. The van der Waals surface area contributed by atoms with E-state index in [1.165, 1.54) is 47.3 Å².